The second-order valence-corrected chi connectivity index (χ2v) is 7.82. The van der Waals surface area contributed by atoms with Gasteiger partial charge in [0, 0.05) is 32.0 Å². The third kappa shape index (κ3) is 3.65. The summed E-state index contributed by atoms with van der Waals surface area (Å²) >= 11 is 0. The van der Waals surface area contributed by atoms with Crippen LogP contribution in [0.3, 0.4) is 0 Å². The van der Waals surface area contributed by atoms with Crippen molar-refractivity contribution < 1.29 is 28.0 Å². The van der Waals surface area contributed by atoms with Crippen molar-refractivity contribution in [3.8, 4) is 0 Å². The molecule has 0 spiro atoms. The molecule has 0 saturated carbocycles. The molecule has 4 rings (SSSR count). The van der Waals surface area contributed by atoms with Crippen LogP contribution < -0.4 is 11.1 Å². The zero-order valence-corrected chi connectivity index (χ0v) is 15.5. The number of amides is 4. The monoisotopic (exact) mass is 406 g/mol. The minimum atomic E-state index is -2.87. The Balaban J connectivity index is 1.54. The highest BCUT2D eigenvalue weighted by molar-refractivity contribution is 6.23. The first-order valence-electron chi connectivity index (χ1n) is 9.35. The molecule has 4 amide bonds. The molecule has 3 aliphatic heterocycles. The molecule has 3 N–H and O–H groups in total. The number of hydrogen-bond acceptors (Lipinski definition) is 6. The number of fused-ring (bicyclic) bond motifs is 1. The first-order chi connectivity index (χ1) is 13.6. The summed E-state index contributed by atoms with van der Waals surface area (Å²) in [5, 5.41) is 2.14. The molecule has 154 valence electrons. The van der Waals surface area contributed by atoms with Gasteiger partial charge in [-0.05, 0) is 24.1 Å². The Hall–Kier alpha value is -2.72. The maximum absolute atomic E-state index is 13.8. The number of piperidine rings is 2. The lowest BCUT2D eigenvalue weighted by molar-refractivity contribution is -0.136. The fraction of sp³-hybridized carbons (Fsp3) is 0.474. The Morgan fingerprint density at radius 2 is 1.86 bits per heavy atom. The third-order valence-electron chi connectivity index (χ3n) is 5.42. The number of carbonyl (C=O) groups is 4. The van der Waals surface area contributed by atoms with Gasteiger partial charge in [-0.1, -0.05) is 6.07 Å². The maximum atomic E-state index is 13.8. The van der Waals surface area contributed by atoms with Crippen molar-refractivity contribution >= 4 is 23.6 Å². The maximum Gasteiger partial charge on any atom is 0.262 e. The molecule has 0 bridgehead atoms. The van der Waals surface area contributed by atoms with E-state index in [-0.39, 0.29) is 36.9 Å². The molecule has 3 aliphatic rings. The number of hydrogen-bond donors (Lipinski definition) is 2. The Morgan fingerprint density at radius 1 is 1.14 bits per heavy atom. The van der Waals surface area contributed by atoms with Crippen LogP contribution in [0.2, 0.25) is 0 Å². The van der Waals surface area contributed by atoms with Crippen molar-refractivity contribution in [1.82, 2.24) is 15.1 Å². The molecule has 3 heterocycles. The first kappa shape index (κ1) is 19.6. The number of nitrogens with two attached hydrogens (primary N) is 1. The molecule has 8 nitrogen and oxygen atoms in total. The van der Waals surface area contributed by atoms with E-state index < -0.39 is 48.2 Å². The summed E-state index contributed by atoms with van der Waals surface area (Å²) in [5.41, 5.74) is 6.60. The summed E-state index contributed by atoms with van der Waals surface area (Å²) in [4.78, 5) is 51.3. The van der Waals surface area contributed by atoms with E-state index in [1.165, 1.54) is 17.0 Å². The van der Waals surface area contributed by atoms with Crippen molar-refractivity contribution in [3.63, 3.8) is 0 Å². The molecule has 2 unspecified atom stereocenters. The van der Waals surface area contributed by atoms with E-state index in [1.54, 1.807) is 6.07 Å². The summed E-state index contributed by atoms with van der Waals surface area (Å²) in [6, 6.07) is 2.90. The van der Waals surface area contributed by atoms with Gasteiger partial charge in [-0.15, -0.1) is 0 Å². The average Bonchev–Trinajstić information content (AvgIpc) is 2.84. The highest BCUT2D eigenvalue weighted by Gasteiger charge is 2.45. The van der Waals surface area contributed by atoms with Gasteiger partial charge in [0.1, 0.15) is 6.04 Å². The van der Waals surface area contributed by atoms with E-state index in [0.29, 0.717) is 12.1 Å². The predicted molar refractivity (Wildman–Crippen MR) is 95.9 cm³/mol. The lowest BCUT2D eigenvalue weighted by Gasteiger charge is -2.36. The van der Waals surface area contributed by atoms with E-state index in [0.717, 1.165) is 4.90 Å². The number of benzene rings is 1. The van der Waals surface area contributed by atoms with Gasteiger partial charge in [0.25, 0.3) is 17.7 Å². The van der Waals surface area contributed by atoms with Gasteiger partial charge in [-0.2, -0.15) is 0 Å². The minimum Gasteiger partial charge on any atom is -0.326 e. The van der Waals surface area contributed by atoms with Gasteiger partial charge in [-0.3, -0.25) is 34.3 Å². The molecular formula is C19H20F2N4O4. The zero-order chi connectivity index (χ0) is 20.9. The number of nitrogens with zero attached hydrogens (tertiary/aromatic N) is 2. The van der Waals surface area contributed by atoms with Crippen LogP contribution in [-0.4, -0.2) is 64.5 Å². The fourth-order valence-corrected chi connectivity index (χ4v) is 4.23. The van der Waals surface area contributed by atoms with Crippen molar-refractivity contribution in [2.45, 2.75) is 43.8 Å². The van der Waals surface area contributed by atoms with Gasteiger partial charge in [-0.25, -0.2) is 8.78 Å². The molecule has 1 aromatic rings. The molecule has 29 heavy (non-hydrogen) atoms. The number of imide groups is 2. The number of halogens is 2. The number of alkyl halides is 2. The van der Waals surface area contributed by atoms with E-state index in [2.05, 4.69) is 5.32 Å². The summed E-state index contributed by atoms with van der Waals surface area (Å²) in [6.45, 7) is 0.0471. The Kier molecular flexibility index (Phi) is 4.70. The van der Waals surface area contributed by atoms with Gasteiger partial charge in [0.05, 0.1) is 17.7 Å². The van der Waals surface area contributed by atoms with Crippen molar-refractivity contribution in [2.24, 2.45) is 5.73 Å². The Morgan fingerprint density at radius 3 is 2.55 bits per heavy atom. The van der Waals surface area contributed by atoms with Crippen molar-refractivity contribution in [1.29, 1.82) is 0 Å². The molecular weight excluding hydrogens is 386 g/mol. The lowest BCUT2D eigenvalue weighted by Crippen LogP contribution is -2.54. The Bertz CT molecular complexity index is 919. The average molecular weight is 406 g/mol. The van der Waals surface area contributed by atoms with E-state index in [1.807, 2.05) is 0 Å². The minimum absolute atomic E-state index is 0.0402. The summed E-state index contributed by atoms with van der Waals surface area (Å²) < 4.78 is 27.5. The molecule has 1 aromatic carbocycles. The molecule has 0 aromatic heterocycles. The first-order valence-corrected chi connectivity index (χ1v) is 9.35. The van der Waals surface area contributed by atoms with Crippen LogP contribution in [-0.2, 0) is 16.1 Å². The summed E-state index contributed by atoms with van der Waals surface area (Å²) in [5.74, 6) is -5.22. The molecule has 0 aliphatic carbocycles. The molecule has 2 fully saturated rings. The molecule has 0 radical (unpaired) electrons. The molecule has 2 atom stereocenters. The van der Waals surface area contributed by atoms with Crippen LogP contribution in [0.15, 0.2) is 18.2 Å². The van der Waals surface area contributed by atoms with E-state index >= 15 is 0 Å². The van der Waals surface area contributed by atoms with E-state index in [9.17, 15) is 28.0 Å². The number of likely N-dealkylation sites (tertiary alicyclic amines) is 1. The standard InChI is InChI=1S/C19H20F2N4O4/c20-19(21)6-11(22)8-24(9-19)7-10-1-2-12-13(5-10)18(29)25(17(12)28)14-3-4-15(26)23-16(14)27/h1-2,5,11,14H,3-4,6-9,22H2,(H,23,26,27). The Labute approximate surface area is 165 Å². The van der Waals surface area contributed by atoms with Gasteiger partial charge in [0.15, 0.2) is 0 Å². The van der Waals surface area contributed by atoms with E-state index in [4.69, 9.17) is 5.73 Å². The van der Waals surface area contributed by atoms with Crippen LogP contribution in [0.4, 0.5) is 8.78 Å². The second kappa shape index (κ2) is 6.96. The quantitative estimate of drug-likeness (QED) is 0.696. The smallest absolute Gasteiger partial charge is 0.262 e. The van der Waals surface area contributed by atoms with Crippen molar-refractivity contribution in [3.05, 3.63) is 34.9 Å². The second-order valence-electron chi connectivity index (χ2n) is 7.82. The van der Waals surface area contributed by atoms with Crippen molar-refractivity contribution in [2.75, 3.05) is 13.1 Å². The number of rotatable bonds is 3. The third-order valence-corrected chi connectivity index (χ3v) is 5.42. The zero-order valence-electron chi connectivity index (χ0n) is 15.5. The predicted octanol–water partition coefficient (Wildman–Crippen LogP) is 0.256. The van der Waals surface area contributed by atoms with Crippen LogP contribution in [0.25, 0.3) is 0 Å². The highest BCUT2D eigenvalue weighted by Crippen LogP contribution is 2.30. The summed E-state index contributed by atoms with van der Waals surface area (Å²) in [6.07, 6.45) is -0.246. The largest absolute Gasteiger partial charge is 0.326 e. The van der Waals surface area contributed by atoms with Crippen LogP contribution in [0, 0.1) is 0 Å². The van der Waals surface area contributed by atoms with Crippen LogP contribution in [0.1, 0.15) is 45.5 Å². The SMILES string of the molecule is NC1CN(Cc2ccc3c(c2)C(=O)N(C2CCC(=O)NC2=O)C3=O)CC(F)(F)C1. The highest BCUT2D eigenvalue weighted by atomic mass is 19.3. The lowest BCUT2D eigenvalue weighted by atomic mass is 10.0. The number of carbonyl (C=O) groups excluding carboxylic acids is 4. The van der Waals surface area contributed by atoms with Crippen LogP contribution in [0.5, 0.6) is 0 Å². The van der Waals surface area contributed by atoms with Gasteiger partial charge >= 0.3 is 0 Å². The fourth-order valence-electron chi connectivity index (χ4n) is 4.23. The molecule has 2 saturated heterocycles. The normalized spacial score (nSPS) is 27.2. The topological polar surface area (TPSA) is 113 Å². The summed E-state index contributed by atoms with van der Waals surface area (Å²) in [7, 11) is 0. The van der Waals surface area contributed by atoms with Gasteiger partial charge in [0.2, 0.25) is 11.8 Å². The molecule has 10 heteroatoms. The van der Waals surface area contributed by atoms with Crippen LogP contribution >= 0.6 is 0 Å². The van der Waals surface area contributed by atoms with Gasteiger partial charge < -0.3 is 5.73 Å². The number of nitrogens with one attached hydrogen (secondary N) is 1.